The number of hydrogen-bond acceptors (Lipinski definition) is 3. The first-order chi connectivity index (χ1) is 5.77. The van der Waals surface area contributed by atoms with Crippen LogP contribution in [0.4, 0.5) is 0 Å². The number of rotatable bonds is 0. The van der Waals surface area contributed by atoms with Crippen LogP contribution in [0, 0.1) is 3.57 Å². The second-order valence-electron chi connectivity index (χ2n) is 2.39. The quantitative estimate of drug-likeness (QED) is 0.745. The highest BCUT2D eigenvalue weighted by Crippen LogP contribution is 2.22. The van der Waals surface area contributed by atoms with Crippen LogP contribution < -0.4 is 0 Å². The highest BCUT2D eigenvalue weighted by Gasteiger charge is 2.00. The van der Waals surface area contributed by atoms with Gasteiger partial charge < -0.3 is 5.11 Å². The fraction of sp³-hybridized carbons (Fsp3) is 0. The van der Waals surface area contributed by atoms with E-state index in [4.69, 9.17) is 0 Å². The number of hydrogen-bond donors (Lipinski definition) is 1. The number of aromatic hydroxyl groups is 1. The molecule has 0 unspecified atom stereocenters. The lowest BCUT2D eigenvalue weighted by Crippen LogP contribution is -1.83. The molecule has 1 N–H and O–H groups in total. The molecule has 2 aromatic rings. The van der Waals surface area contributed by atoms with Crippen LogP contribution in [0.1, 0.15) is 0 Å². The summed E-state index contributed by atoms with van der Waals surface area (Å²) >= 11 is 2.19. The first-order valence-corrected chi connectivity index (χ1v) is 4.45. The molecule has 0 atom stereocenters. The normalized spacial score (nSPS) is 10.4. The van der Waals surface area contributed by atoms with E-state index in [1.54, 1.807) is 0 Å². The van der Waals surface area contributed by atoms with Crippen molar-refractivity contribution in [1.29, 1.82) is 0 Å². The summed E-state index contributed by atoms with van der Waals surface area (Å²) in [6.45, 7) is 0. The van der Waals surface area contributed by atoms with Gasteiger partial charge in [-0.25, -0.2) is 0 Å². The van der Waals surface area contributed by atoms with Crippen molar-refractivity contribution in [2.24, 2.45) is 0 Å². The van der Waals surface area contributed by atoms with Crippen LogP contribution in [0.2, 0.25) is 0 Å². The predicted octanol–water partition coefficient (Wildman–Crippen LogP) is 1.94. The summed E-state index contributed by atoms with van der Waals surface area (Å²) < 4.78 is 1.07. The monoisotopic (exact) mass is 272 g/mol. The molecule has 1 aromatic carbocycles. The second kappa shape index (κ2) is 2.85. The fourth-order valence-corrected chi connectivity index (χ4v) is 1.51. The van der Waals surface area contributed by atoms with Gasteiger partial charge in [0.15, 0.2) is 0 Å². The van der Waals surface area contributed by atoms with E-state index in [1.165, 1.54) is 6.20 Å². The smallest absolute Gasteiger partial charge is 0.145 e. The summed E-state index contributed by atoms with van der Waals surface area (Å²) in [6, 6.07) is 5.64. The van der Waals surface area contributed by atoms with Crippen molar-refractivity contribution in [1.82, 2.24) is 10.2 Å². The van der Waals surface area contributed by atoms with Gasteiger partial charge in [0.25, 0.3) is 0 Å². The molecular weight excluding hydrogens is 267 g/mol. The zero-order valence-corrected chi connectivity index (χ0v) is 8.19. The number of nitrogens with zero attached hydrogens (tertiary/aromatic N) is 2. The van der Waals surface area contributed by atoms with E-state index >= 15 is 0 Å². The molecule has 3 nitrogen and oxygen atoms in total. The van der Waals surface area contributed by atoms with Crippen molar-refractivity contribution in [3.63, 3.8) is 0 Å². The molecule has 0 radical (unpaired) electrons. The first kappa shape index (κ1) is 7.72. The lowest BCUT2D eigenvalue weighted by atomic mass is 10.2. The second-order valence-corrected chi connectivity index (χ2v) is 3.64. The molecule has 0 saturated heterocycles. The number of halogens is 1. The SMILES string of the molecule is Oc1cnnc2ccc(I)cc12. The molecule has 0 aliphatic rings. The molecule has 1 heterocycles. The van der Waals surface area contributed by atoms with Crippen LogP contribution in [-0.4, -0.2) is 15.3 Å². The highest BCUT2D eigenvalue weighted by atomic mass is 127. The van der Waals surface area contributed by atoms with Gasteiger partial charge in [-0.15, -0.1) is 0 Å². The summed E-state index contributed by atoms with van der Waals surface area (Å²) in [5.41, 5.74) is 0.718. The number of aromatic nitrogens is 2. The third kappa shape index (κ3) is 1.22. The maximum atomic E-state index is 9.39. The molecule has 1 aromatic heterocycles. The van der Waals surface area contributed by atoms with Gasteiger partial charge in [0, 0.05) is 8.96 Å². The molecule has 0 aliphatic heterocycles. The summed E-state index contributed by atoms with van der Waals surface area (Å²) in [6.07, 6.45) is 1.35. The Morgan fingerprint density at radius 3 is 3.00 bits per heavy atom. The van der Waals surface area contributed by atoms with Gasteiger partial charge in [0.1, 0.15) is 5.75 Å². The minimum absolute atomic E-state index is 0.179. The molecule has 0 saturated carbocycles. The average molecular weight is 272 g/mol. The van der Waals surface area contributed by atoms with E-state index in [0.717, 1.165) is 14.5 Å². The van der Waals surface area contributed by atoms with Crippen molar-refractivity contribution >= 4 is 33.5 Å². The highest BCUT2D eigenvalue weighted by molar-refractivity contribution is 14.1. The largest absolute Gasteiger partial charge is 0.506 e. The van der Waals surface area contributed by atoms with Gasteiger partial charge in [-0.05, 0) is 40.8 Å². The number of fused-ring (bicyclic) bond motifs is 1. The third-order valence-corrected chi connectivity index (χ3v) is 2.25. The standard InChI is InChI=1S/C8H5IN2O/c9-5-1-2-7-6(3-5)8(12)4-10-11-7/h1-4H,(H,11,12). The molecule has 0 bridgehead atoms. The Kier molecular flexibility index (Phi) is 1.84. The van der Waals surface area contributed by atoms with Crippen molar-refractivity contribution in [3.8, 4) is 5.75 Å². The summed E-state index contributed by atoms with van der Waals surface area (Å²) in [7, 11) is 0. The minimum atomic E-state index is 0.179. The summed E-state index contributed by atoms with van der Waals surface area (Å²) in [4.78, 5) is 0. The van der Waals surface area contributed by atoms with E-state index in [0.29, 0.717) is 0 Å². The fourth-order valence-electron chi connectivity index (χ4n) is 1.02. The summed E-state index contributed by atoms with van der Waals surface area (Å²) in [5, 5.41) is 17.6. The zero-order chi connectivity index (χ0) is 8.55. The van der Waals surface area contributed by atoms with E-state index in [9.17, 15) is 5.11 Å². The molecule has 60 valence electrons. The molecule has 0 fully saturated rings. The van der Waals surface area contributed by atoms with E-state index in [2.05, 4.69) is 32.8 Å². The van der Waals surface area contributed by atoms with Crippen LogP contribution in [0.25, 0.3) is 10.9 Å². The summed E-state index contributed by atoms with van der Waals surface area (Å²) in [5.74, 6) is 0.179. The Morgan fingerprint density at radius 1 is 1.33 bits per heavy atom. The van der Waals surface area contributed by atoms with Crippen molar-refractivity contribution in [3.05, 3.63) is 28.0 Å². The topological polar surface area (TPSA) is 46.0 Å². The lowest BCUT2D eigenvalue weighted by molar-refractivity contribution is 0.478. The van der Waals surface area contributed by atoms with Crippen LogP contribution in [0.5, 0.6) is 5.75 Å². The number of benzene rings is 1. The molecular formula is C8H5IN2O. The predicted molar refractivity (Wildman–Crippen MR) is 53.9 cm³/mol. The molecule has 4 heteroatoms. The Hall–Kier alpha value is -0.910. The Labute approximate surface area is 82.6 Å². The first-order valence-electron chi connectivity index (χ1n) is 3.37. The van der Waals surface area contributed by atoms with E-state index in [1.807, 2.05) is 18.2 Å². The Bertz CT molecular complexity index is 430. The molecule has 2 rings (SSSR count). The van der Waals surface area contributed by atoms with Crippen LogP contribution in [0.15, 0.2) is 24.4 Å². The Balaban J connectivity index is 2.88. The van der Waals surface area contributed by atoms with E-state index in [-0.39, 0.29) is 5.75 Å². The third-order valence-electron chi connectivity index (χ3n) is 1.58. The molecule has 0 spiro atoms. The van der Waals surface area contributed by atoms with Crippen molar-refractivity contribution in [2.75, 3.05) is 0 Å². The maximum absolute atomic E-state index is 9.39. The zero-order valence-electron chi connectivity index (χ0n) is 6.03. The molecule has 12 heavy (non-hydrogen) atoms. The van der Waals surface area contributed by atoms with Gasteiger partial charge in [-0.1, -0.05) is 0 Å². The van der Waals surface area contributed by atoms with Gasteiger partial charge >= 0.3 is 0 Å². The van der Waals surface area contributed by atoms with Crippen LogP contribution in [-0.2, 0) is 0 Å². The van der Waals surface area contributed by atoms with Crippen molar-refractivity contribution < 1.29 is 5.11 Å². The van der Waals surface area contributed by atoms with Crippen molar-refractivity contribution in [2.45, 2.75) is 0 Å². The lowest BCUT2D eigenvalue weighted by Gasteiger charge is -1.98. The minimum Gasteiger partial charge on any atom is -0.506 e. The Morgan fingerprint density at radius 2 is 2.17 bits per heavy atom. The van der Waals surface area contributed by atoms with Gasteiger partial charge in [-0.2, -0.15) is 10.2 Å². The molecule has 0 amide bonds. The van der Waals surface area contributed by atoms with Gasteiger partial charge in [0.2, 0.25) is 0 Å². The maximum Gasteiger partial charge on any atom is 0.145 e. The van der Waals surface area contributed by atoms with Gasteiger partial charge in [0.05, 0.1) is 11.7 Å². The van der Waals surface area contributed by atoms with Crippen LogP contribution >= 0.6 is 22.6 Å². The average Bonchev–Trinajstić information content (AvgIpc) is 2.07. The molecule has 0 aliphatic carbocycles. The van der Waals surface area contributed by atoms with Crippen LogP contribution in [0.3, 0.4) is 0 Å². The van der Waals surface area contributed by atoms with E-state index < -0.39 is 0 Å². The van der Waals surface area contributed by atoms with Gasteiger partial charge in [-0.3, -0.25) is 0 Å².